The summed E-state index contributed by atoms with van der Waals surface area (Å²) in [4.78, 5) is 60.8. The first-order chi connectivity index (χ1) is 13.5. The molecule has 1 saturated heterocycles. The van der Waals surface area contributed by atoms with Gasteiger partial charge in [-0.15, -0.1) is 0 Å². The first kappa shape index (κ1) is 24.3. The second kappa shape index (κ2) is 10.7. The lowest BCUT2D eigenvalue weighted by atomic mass is 10.0. The average Bonchev–Trinajstić information content (AvgIpc) is 3.13. The van der Waals surface area contributed by atoms with Crippen molar-refractivity contribution < 1.29 is 39.3 Å². The largest absolute Gasteiger partial charge is 0.481 e. The van der Waals surface area contributed by atoms with Gasteiger partial charge in [-0.25, -0.2) is 4.79 Å². The molecule has 1 aliphatic rings. The first-order valence-electron chi connectivity index (χ1n) is 9.21. The Kier molecular flexibility index (Phi) is 8.98. The number of nitrogens with one attached hydrogen (secondary N) is 2. The number of carboxylic acid groups (broad SMARTS) is 2. The number of nitrogens with two attached hydrogens (primary N) is 1. The van der Waals surface area contributed by atoms with Crippen molar-refractivity contribution in [3.63, 3.8) is 0 Å². The highest BCUT2D eigenvalue weighted by Crippen LogP contribution is 2.19. The number of carbonyl (C=O) groups excluding carboxylic acids is 3. The van der Waals surface area contributed by atoms with E-state index in [1.165, 1.54) is 0 Å². The molecule has 1 rings (SSSR count). The standard InChI is InChI=1S/C17H28N4O8/c1-8(2)13(20-14(25)9(18)7-22)15(26)19-10(6-12(23)24)16(27)21-5-3-4-11(21)17(28)29/h8-11,13,22H,3-7,18H2,1-2H3,(H,19,26)(H,20,25)(H,23,24)(H,28,29). The highest BCUT2D eigenvalue weighted by molar-refractivity contribution is 5.95. The minimum absolute atomic E-state index is 0.136. The van der Waals surface area contributed by atoms with E-state index in [0.29, 0.717) is 6.42 Å². The number of amides is 3. The molecule has 0 aliphatic carbocycles. The van der Waals surface area contributed by atoms with Crippen LogP contribution in [-0.2, 0) is 24.0 Å². The zero-order valence-corrected chi connectivity index (χ0v) is 16.3. The molecule has 0 aromatic carbocycles. The zero-order chi connectivity index (χ0) is 22.3. The van der Waals surface area contributed by atoms with Crippen LogP contribution in [0.4, 0.5) is 0 Å². The molecule has 0 aromatic heterocycles. The van der Waals surface area contributed by atoms with E-state index in [9.17, 15) is 29.1 Å². The van der Waals surface area contributed by atoms with Crippen LogP contribution < -0.4 is 16.4 Å². The fraction of sp³-hybridized carbons (Fsp3) is 0.706. The summed E-state index contributed by atoms with van der Waals surface area (Å²) in [5.74, 6) is -5.42. The van der Waals surface area contributed by atoms with Crippen LogP contribution in [0.25, 0.3) is 0 Å². The Morgan fingerprint density at radius 3 is 2.21 bits per heavy atom. The number of aliphatic carboxylic acids is 2. The number of aliphatic hydroxyl groups excluding tert-OH is 1. The summed E-state index contributed by atoms with van der Waals surface area (Å²) in [6.07, 6.45) is -0.0684. The molecule has 29 heavy (non-hydrogen) atoms. The van der Waals surface area contributed by atoms with Gasteiger partial charge in [-0.2, -0.15) is 0 Å². The van der Waals surface area contributed by atoms with Crippen LogP contribution in [0.1, 0.15) is 33.1 Å². The number of aliphatic hydroxyl groups is 1. The Labute approximate surface area is 167 Å². The number of carboxylic acids is 2. The van der Waals surface area contributed by atoms with E-state index in [4.69, 9.17) is 15.9 Å². The maximum absolute atomic E-state index is 12.7. The Balaban J connectivity index is 2.98. The van der Waals surface area contributed by atoms with Crippen LogP contribution in [0, 0.1) is 5.92 Å². The summed E-state index contributed by atoms with van der Waals surface area (Å²) in [5, 5.41) is 32.0. The van der Waals surface area contributed by atoms with Gasteiger partial charge in [0.25, 0.3) is 0 Å². The molecule has 0 aromatic rings. The predicted molar refractivity (Wildman–Crippen MR) is 98.4 cm³/mol. The van der Waals surface area contributed by atoms with Gasteiger partial charge in [-0.1, -0.05) is 13.8 Å². The fourth-order valence-electron chi connectivity index (χ4n) is 3.00. The average molecular weight is 416 g/mol. The van der Waals surface area contributed by atoms with Crippen LogP contribution >= 0.6 is 0 Å². The summed E-state index contributed by atoms with van der Waals surface area (Å²) in [6, 6.07) is -4.97. The Morgan fingerprint density at radius 1 is 1.10 bits per heavy atom. The number of likely N-dealkylation sites (tertiary alicyclic amines) is 1. The lowest BCUT2D eigenvalue weighted by molar-refractivity contribution is -0.150. The zero-order valence-electron chi connectivity index (χ0n) is 16.3. The highest BCUT2D eigenvalue weighted by Gasteiger charge is 2.39. The van der Waals surface area contributed by atoms with Gasteiger partial charge in [0.05, 0.1) is 13.0 Å². The van der Waals surface area contributed by atoms with E-state index in [1.54, 1.807) is 13.8 Å². The smallest absolute Gasteiger partial charge is 0.326 e. The molecule has 1 aliphatic heterocycles. The molecule has 3 amide bonds. The van der Waals surface area contributed by atoms with Gasteiger partial charge in [0.15, 0.2) is 0 Å². The van der Waals surface area contributed by atoms with Gasteiger partial charge in [0.1, 0.15) is 24.2 Å². The third-order valence-corrected chi connectivity index (χ3v) is 4.59. The van der Waals surface area contributed by atoms with Crippen molar-refractivity contribution in [3.05, 3.63) is 0 Å². The molecule has 0 radical (unpaired) electrons. The summed E-state index contributed by atoms with van der Waals surface area (Å²) in [5.41, 5.74) is 5.42. The Hall–Kier alpha value is -2.73. The molecule has 0 spiro atoms. The minimum Gasteiger partial charge on any atom is -0.481 e. The summed E-state index contributed by atoms with van der Waals surface area (Å²) in [7, 11) is 0. The number of carbonyl (C=O) groups is 5. The van der Waals surface area contributed by atoms with Crippen molar-refractivity contribution in [2.75, 3.05) is 13.2 Å². The molecule has 7 N–H and O–H groups in total. The van der Waals surface area contributed by atoms with Crippen LogP contribution in [0.15, 0.2) is 0 Å². The monoisotopic (exact) mass is 416 g/mol. The lowest BCUT2D eigenvalue weighted by Crippen LogP contribution is -2.59. The van der Waals surface area contributed by atoms with Crippen molar-refractivity contribution >= 4 is 29.7 Å². The summed E-state index contributed by atoms with van der Waals surface area (Å²) in [6.45, 7) is 2.73. The van der Waals surface area contributed by atoms with E-state index in [2.05, 4.69) is 10.6 Å². The number of hydrogen-bond acceptors (Lipinski definition) is 7. The van der Waals surface area contributed by atoms with E-state index in [0.717, 1.165) is 4.90 Å². The number of nitrogens with zero attached hydrogens (tertiary/aromatic N) is 1. The van der Waals surface area contributed by atoms with E-state index in [1.807, 2.05) is 0 Å². The predicted octanol–water partition coefficient (Wildman–Crippen LogP) is -2.52. The third-order valence-electron chi connectivity index (χ3n) is 4.59. The van der Waals surface area contributed by atoms with Gasteiger partial charge in [0, 0.05) is 6.54 Å². The van der Waals surface area contributed by atoms with Crippen LogP contribution in [0.5, 0.6) is 0 Å². The molecule has 4 atom stereocenters. The minimum atomic E-state index is -1.50. The normalized spacial score (nSPS) is 19.3. The van der Waals surface area contributed by atoms with Gasteiger partial charge >= 0.3 is 11.9 Å². The molecule has 164 valence electrons. The lowest BCUT2D eigenvalue weighted by Gasteiger charge is -2.29. The summed E-state index contributed by atoms with van der Waals surface area (Å²) < 4.78 is 0. The van der Waals surface area contributed by atoms with E-state index < -0.39 is 72.8 Å². The highest BCUT2D eigenvalue weighted by atomic mass is 16.4. The Morgan fingerprint density at radius 2 is 1.72 bits per heavy atom. The summed E-state index contributed by atoms with van der Waals surface area (Å²) >= 11 is 0. The van der Waals surface area contributed by atoms with E-state index >= 15 is 0 Å². The topological polar surface area (TPSA) is 199 Å². The maximum atomic E-state index is 12.7. The molecule has 0 bridgehead atoms. The molecule has 4 unspecified atom stereocenters. The van der Waals surface area contributed by atoms with Crippen LogP contribution in [-0.4, -0.2) is 87.2 Å². The molecule has 12 nitrogen and oxygen atoms in total. The molecule has 12 heteroatoms. The van der Waals surface area contributed by atoms with Crippen molar-refractivity contribution in [1.29, 1.82) is 0 Å². The molecule has 1 heterocycles. The Bertz CT molecular complexity index is 653. The molecular weight excluding hydrogens is 388 g/mol. The van der Waals surface area contributed by atoms with Gasteiger partial charge in [-0.3, -0.25) is 19.2 Å². The molecule has 0 saturated carbocycles. The van der Waals surface area contributed by atoms with E-state index in [-0.39, 0.29) is 13.0 Å². The first-order valence-corrected chi connectivity index (χ1v) is 9.21. The van der Waals surface area contributed by atoms with Crippen molar-refractivity contribution in [1.82, 2.24) is 15.5 Å². The van der Waals surface area contributed by atoms with Crippen molar-refractivity contribution in [3.8, 4) is 0 Å². The number of hydrogen-bond donors (Lipinski definition) is 6. The molecular formula is C17H28N4O8. The van der Waals surface area contributed by atoms with Gasteiger partial charge in [-0.05, 0) is 18.8 Å². The van der Waals surface area contributed by atoms with Gasteiger partial charge < -0.3 is 36.6 Å². The van der Waals surface area contributed by atoms with Crippen molar-refractivity contribution in [2.45, 2.75) is 57.3 Å². The second-order valence-electron chi connectivity index (χ2n) is 7.21. The second-order valence-corrected chi connectivity index (χ2v) is 7.21. The maximum Gasteiger partial charge on any atom is 0.326 e. The van der Waals surface area contributed by atoms with Crippen LogP contribution in [0.2, 0.25) is 0 Å². The fourth-order valence-corrected chi connectivity index (χ4v) is 3.00. The molecule has 1 fully saturated rings. The quantitative estimate of drug-likeness (QED) is 0.222. The van der Waals surface area contributed by atoms with Crippen molar-refractivity contribution in [2.24, 2.45) is 11.7 Å². The SMILES string of the molecule is CC(C)C(NC(=O)C(N)CO)C(=O)NC(CC(=O)O)C(=O)N1CCCC1C(=O)O. The van der Waals surface area contributed by atoms with Crippen LogP contribution in [0.3, 0.4) is 0 Å². The third kappa shape index (κ3) is 6.68. The van der Waals surface area contributed by atoms with Gasteiger partial charge in [0.2, 0.25) is 17.7 Å². The number of rotatable bonds is 10.